The summed E-state index contributed by atoms with van der Waals surface area (Å²) in [4.78, 5) is 0. The minimum atomic E-state index is 0.551. The molecule has 0 N–H and O–H groups in total. The Labute approximate surface area is 202 Å². The van der Waals surface area contributed by atoms with Crippen LogP contribution in [0.15, 0.2) is 34.9 Å². The first kappa shape index (κ1) is 25.5. The van der Waals surface area contributed by atoms with Gasteiger partial charge in [-0.1, -0.05) is 98.1 Å². The van der Waals surface area contributed by atoms with E-state index < -0.39 is 0 Å². The van der Waals surface area contributed by atoms with E-state index in [0.717, 1.165) is 23.7 Å². The molecule has 0 aromatic carbocycles. The van der Waals surface area contributed by atoms with Crippen LogP contribution in [0.25, 0.3) is 0 Å². The van der Waals surface area contributed by atoms with Crippen molar-refractivity contribution >= 4 is 21.6 Å². The molecule has 2 fully saturated rings. The van der Waals surface area contributed by atoms with Crippen molar-refractivity contribution in [2.75, 3.05) is 5.75 Å². The Balaban J connectivity index is 0.00000132. The molecule has 4 rings (SSSR count). The van der Waals surface area contributed by atoms with Gasteiger partial charge in [0.05, 0.1) is 5.25 Å². The molecule has 0 amide bonds. The van der Waals surface area contributed by atoms with E-state index >= 15 is 0 Å². The van der Waals surface area contributed by atoms with Crippen molar-refractivity contribution in [1.82, 2.24) is 0 Å². The molecule has 2 saturated carbocycles. The van der Waals surface area contributed by atoms with E-state index in [9.17, 15) is 0 Å². The molecule has 0 nitrogen and oxygen atoms in total. The molecular weight excluding hydrogens is 412 g/mol. The molecule has 2 heteroatoms. The van der Waals surface area contributed by atoms with Gasteiger partial charge in [-0.3, -0.25) is 0 Å². The van der Waals surface area contributed by atoms with Crippen LogP contribution >= 0.6 is 21.6 Å². The number of fused-ring (bicyclic) bond motifs is 1. The largest absolute Gasteiger partial charge is 0.0888 e. The van der Waals surface area contributed by atoms with Gasteiger partial charge in [0.1, 0.15) is 0 Å². The van der Waals surface area contributed by atoms with Gasteiger partial charge in [0.25, 0.3) is 0 Å². The zero-order valence-corrected chi connectivity index (χ0v) is 22.8. The second kappa shape index (κ2) is 11.9. The number of hydrogen-bond donors (Lipinski definition) is 0. The Morgan fingerprint density at radius 3 is 2.68 bits per heavy atom. The standard InChI is InChI=1S/C27H42S2.C2H6/c1-19(2)8-5-6-10-23-13-14-25-21(9-7-15-27(23,25)4)17-26-24-16-20(3)11-12-22(24)18-28-29-26;1-2/h5-6,17,19-20,23,25-26H,7-16,18H2,1-4H3;1-2H3/b6-5+,21-17+;/t20-,23?,25?,26?,27+;/m0./s1. The average Bonchev–Trinajstić information content (AvgIpc) is 3.10. The Morgan fingerprint density at radius 2 is 1.90 bits per heavy atom. The fraction of sp³-hybridized carbons (Fsp3) is 0.793. The third kappa shape index (κ3) is 6.08. The summed E-state index contributed by atoms with van der Waals surface area (Å²) in [5.74, 6) is 4.73. The van der Waals surface area contributed by atoms with Gasteiger partial charge in [-0.05, 0) is 93.3 Å². The highest BCUT2D eigenvalue weighted by molar-refractivity contribution is 8.77. The molecule has 176 valence electrons. The van der Waals surface area contributed by atoms with Gasteiger partial charge < -0.3 is 0 Å². The fourth-order valence-electron chi connectivity index (χ4n) is 6.61. The van der Waals surface area contributed by atoms with E-state index in [0.29, 0.717) is 10.7 Å². The van der Waals surface area contributed by atoms with Crippen molar-refractivity contribution in [2.24, 2.45) is 29.1 Å². The van der Waals surface area contributed by atoms with E-state index in [1.54, 1.807) is 0 Å². The topological polar surface area (TPSA) is 0 Å². The first-order valence-corrected chi connectivity index (χ1v) is 15.7. The van der Waals surface area contributed by atoms with Crippen molar-refractivity contribution < 1.29 is 0 Å². The zero-order valence-electron chi connectivity index (χ0n) is 21.2. The summed E-state index contributed by atoms with van der Waals surface area (Å²) < 4.78 is 0. The predicted octanol–water partition coefficient (Wildman–Crippen LogP) is 10.0. The van der Waals surface area contributed by atoms with Crippen molar-refractivity contribution in [2.45, 2.75) is 111 Å². The lowest BCUT2D eigenvalue weighted by Crippen LogP contribution is -2.33. The summed E-state index contributed by atoms with van der Waals surface area (Å²) in [7, 11) is 4.29. The molecule has 0 saturated heterocycles. The highest BCUT2D eigenvalue weighted by atomic mass is 33.1. The average molecular weight is 461 g/mol. The lowest BCUT2D eigenvalue weighted by molar-refractivity contribution is 0.137. The van der Waals surface area contributed by atoms with Crippen LogP contribution in [0.2, 0.25) is 0 Å². The summed E-state index contributed by atoms with van der Waals surface area (Å²) in [6.07, 6.45) is 21.6. The third-order valence-electron chi connectivity index (χ3n) is 8.43. The fourth-order valence-corrected chi connectivity index (χ4v) is 9.49. The van der Waals surface area contributed by atoms with E-state index in [4.69, 9.17) is 0 Å². The first-order valence-electron chi connectivity index (χ1n) is 13.3. The van der Waals surface area contributed by atoms with Gasteiger partial charge in [0.2, 0.25) is 0 Å². The summed E-state index contributed by atoms with van der Waals surface area (Å²) in [6, 6.07) is 0. The monoisotopic (exact) mass is 460 g/mol. The highest BCUT2D eigenvalue weighted by Gasteiger charge is 2.48. The lowest BCUT2D eigenvalue weighted by atomic mass is 9.62. The van der Waals surface area contributed by atoms with Crippen molar-refractivity contribution in [3.63, 3.8) is 0 Å². The molecule has 3 aliphatic carbocycles. The Morgan fingerprint density at radius 1 is 1.10 bits per heavy atom. The van der Waals surface area contributed by atoms with E-state index in [2.05, 4.69) is 67.5 Å². The Hall–Kier alpha value is -0.0800. The summed E-state index contributed by atoms with van der Waals surface area (Å²) in [5.41, 5.74) is 6.04. The van der Waals surface area contributed by atoms with Crippen molar-refractivity contribution in [1.29, 1.82) is 0 Å². The van der Waals surface area contributed by atoms with E-state index in [1.165, 1.54) is 70.0 Å². The smallest absolute Gasteiger partial charge is 0.0546 e. The summed E-state index contributed by atoms with van der Waals surface area (Å²) in [5, 5.41) is 0.675. The Bertz CT molecular complexity index is 670. The molecule has 1 aliphatic heterocycles. The summed E-state index contributed by atoms with van der Waals surface area (Å²) in [6.45, 7) is 13.8. The molecule has 0 spiro atoms. The van der Waals surface area contributed by atoms with Crippen molar-refractivity contribution in [3.05, 3.63) is 34.9 Å². The van der Waals surface area contributed by atoms with Crippen LogP contribution in [-0.4, -0.2) is 11.0 Å². The second-order valence-corrected chi connectivity index (χ2v) is 13.5. The molecular formula is C29H48S2. The maximum absolute atomic E-state index is 2.78. The van der Waals surface area contributed by atoms with Gasteiger partial charge in [0, 0.05) is 5.75 Å². The van der Waals surface area contributed by atoms with Gasteiger partial charge in [-0.2, -0.15) is 0 Å². The zero-order chi connectivity index (χ0) is 22.4. The van der Waals surface area contributed by atoms with E-state index in [-0.39, 0.29) is 0 Å². The first-order chi connectivity index (χ1) is 15.0. The molecule has 0 aromatic heterocycles. The minimum absolute atomic E-state index is 0.551. The molecule has 1 heterocycles. The van der Waals surface area contributed by atoms with Gasteiger partial charge in [-0.25, -0.2) is 0 Å². The lowest BCUT2D eigenvalue weighted by Gasteiger charge is -2.43. The Kier molecular flexibility index (Phi) is 9.78. The highest BCUT2D eigenvalue weighted by Crippen LogP contribution is 2.59. The maximum Gasteiger partial charge on any atom is 0.0546 e. The second-order valence-electron chi connectivity index (χ2n) is 11.0. The molecule has 3 unspecified atom stereocenters. The predicted molar refractivity (Wildman–Crippen MR) is 145 cm³/mol. The molecule has 0 aromatic rings. The molecule has 5 atom stereocenters. The van der Waals surface area contributed by atoms with Crippen LogP contribution in [-0.2, 0) is 0 Å². The van der Waals surface area contributed by atoms with Gasteiger partial charge in [-0.15, -0.1) is 0 Å². The maximum atomic E-state index is 2.78. The van der Waals surface area contributed by atoms with Gasteiger partial charge >= 0.3 is 0 Å². The summed E-state index contributed by atoms with van der Waals surface area (Å²) >= 11 is 0. The van der Waals surface area contributed by atoms with Crippen LogP contribution in [0, 0.1) is 29.1 Å². The van der Waals surface area contributed by atoms with Crippen molar-refractivity contribution in [3.8, 4) is 0 Å². The van der Waals surface area contributed by atoms with Crippen LogP contribution in [0.3, 0.4) is 0 Å². The van der Waals surface area contributed by atoms with Gasteiger partial charge in [0.15, 0.2) is 0 Å². The van der Waals surface area contributed by atoms with Crippen LogP contribution < -0.4 is 0 Å². The molecule has 4 aliphatic rings. The third-order valence-corrected chi connectivity index (χ3v) is 11.0. The van der Waals surface area contributed by atoms with Crippen LogP contribution in [0.5, 0.6) is 0 Å². The van der Waals surface area contributed by atoms with E-state index in [1.807, 2.05) is 30.6 Å². The normalized spacial score (nSPS) is 37.1. The molecule has 0 radical (unpaired) electrons. The quantitative estimate of drug-likeness (QED) is 0.295. The SMILES string of the molecule is CC.CC(C)C/C=C/CC1CCC2/C(=C/C3SSCC4=C3C[C@@H](C)CC4)CCC[C@]12C. The van der Waals surface area contributed by atoms with Crippen LogP contribution in [0.1, 0.15) is 106 Å². The minimum Gasteiger partial charge on any atom is -0.0888 e. The number of hydrogen-bond acceptors (Lipinski definition) is 2. The number of rotatable bonds is 5. The number of allylic oxidation sites excluding steroid dienone is 3. The van der Waals surface area contributed by atoms with Crippen LogP contribution in [0.4, 0.5) is 0 Å². The molecule has 31 heavy (non-hydrogen) atoms. The molecule has 0 bridgehead atoms.